The van der Waals surface area contributed by atoms with Gasteiger partial charge in [-0.05, 0) is 53.4 Å². The molecule has 0 bridgehead atoms. The van der Waals surface area contributed by atoms with Crippen molar-refractivity contribution < 1.29 is 9.18 Å². The molecule has 1 amide bonds. The van der Waals surface area contributed by atoms with Crippen LogP contribution in [0.25, 0.3) is 0 Å². The summed E-state index contributed by atoms with van der Waals surface area (Å²) in [6, 6.07) is 5.37. The number of nitrogens with zero attached hydrogens (tertiary/aromatic N) is 3. The average Bonchev–Trinajstić information content (AvgIpc) is 2.64. The number of carbonyl (C=O) groups is 1. The quantitative estimate of drug-likeness (QED) is 0.524. The van der Waals surface area contributed by atoms with Crippen molar-refractivity contribution in [3.63, 3.8) is 0 Å². The van der Waals surface area contributed by atoms with Gasteiger partial charge in [-0.15, -0.1) is 0 Å². The maximum atomic E-state index is 13.6. The lowest BCUT2D eigenvalue weighted by atomic mass is 10.1. The Balaban J connectivity index is 1.87. The summed E-state index contributed by atoms with van der Waals surface area (Å²) in [6.45, 7) is 5.44. The standard InChI is InChI=1S/C19H29BrFN5O/c1-4-22-19(23-12-14-5-6-16(20)17(21)11-14)24-15-7-9-26(10-8-15)13-18(27)25(2)3/h5-6,11,15H,4,7-10,12-13H2,1-3H3,(H2,22,23,24). The Bertz CT molecular complexity index is 660. The van der Waals surface area contributed by atoms with Gasteiger partial charge in [0.1, 0.15) is 5.82 Å². The monoisotopic (exact) mass is 441 g/mol. The minimum absolute atomic E-state index is 0.137. The van der Waals surface area contributed by atoms with E-state index in [1.54, 1.807) is 25.1 Å². The second kappa shape index (κ2) is 10.6. The molecule has 0 radical (unpaired) electrons. The number of likely N-dealkylation sites (tertiary alicyclic amines) is 1. The number of hydrogen-bond acceptors (Lipinski definition) is 3. The molecule has 1 aromatic carbocycles. The topological polar surface area (TPSA) is 60.0 Å². The molecule has 0 aromatic heterocycles. The van der Waals surface area contributed by atoms with E-state index in [9.17, 15) is 9.18 Å². The molecule has 1 saturated heterocycles. The Morgan fingerprint density at radius 2 is 2.07 bits per heavy atom. The van der Waals surface area contributed by atoms with E-state index in [4.69, 9.17) is 0 Å². The molecule has 1 aliphatic rings. The lowest BCUT2D eigenvalue weighted by Gasteiger charge is -2.33. The minimum atomic E-state index is -0.277. The molecule has 0 unspecified atom stereocenters. The fourth-order valence-electron chi connectivity index (χ4n) is 2.89. The van der Waals surface area contributed by atoms with Crippen LogP contribution in [0, 0.1) is 5.82 Å². The van der Waals surface area contributed by atoms with Crippen molar-refractivity contribution in [3.05, 3.63) is 34.1 Å². The molecule has 0 atom stereocenters. The van der Waals surface area contributed by atoms with E-state index < -0.39 is 0 Å². The highest BCUT2D eigenvalue weighted by molar-refractivity contribution is 9.10. The molecular weight excluding hydrogens is 413 g/mol. The van der Waals surface area contributed by atoms with E-state index >= 15 is 0 Å². The van der Waals surface area contributed by atoms with Crippen LogP contribution in [0.1, 0.15) is 25.3 Å². The maximum absolute atomic E-state index is 13.6. The molecule has 1 heterocycles. The van der Waals surface area contributed by atoms with Gasteiger partial charge in [-0.25, -0.2) is 9.38 Å². The van der Waals surface area contributed by atoms with Crippen LogP contribution in [-0.4, -0.2) is 68.0 Å². The molecule has 0 spiro atoms. The number of nitrogens with one attached hydrogen (secondary N) is 2. The number of hydrogen-bond donors (Lipinski definition) is 2. The number of amides is 1. The summed E-state index contributed by atoms with van der Waals surface area (Å²) in [4.78, 5) is 20.2. The van der Waals surface area contributed by atoms with Gasteiger partial charge in [0.25, 0.3) is 0 Å². The molecule has 2 N–H and O–H groups in total. The zero-order valence-corrected chi connectivity index (χ0v) is 17.9. The van der Waals surface area contributed by atoms with Crippen molar-refractivity contribution in [1.29, 1.82) is 0 Å². The predicted octanol–water partition coefficient (Wildman–Crippen LogP) is 2.20. The fraction of sp³-hybridized carbons (Fsp3) is 0.579. The van der Waals surface area contributed by atoms with Gasteiger partial charge >= 0.3 is 0 Å². The first-order chi connectivity index (χ1) is 12.9. The lowest BCUT2D eigenvalue weighted by molar-refractivity contribution is -0.130. The smallest absolute Gasteiger partial charge is 0.236 e. The van der Waals surface area contributed by atoms with Crippen LogP contribution in [0.4, 0.5) is 4.39 Å². The van der Waals surface area contributed by atoms with Crippen LogP contribution in [0.15, 0.2) is 27.7 Å². The maximum Gasteiger partial charge on any atom is 0.236 e. The van der Waals surface area contributed by atoms with E-state index in [2.05, 4.69) is 36.5 Å². The highest BCUT2D eigenvalue weighted by Gasteiger charge is 2.22. The van der Waals surface area contributed by atoms with Gasteiger partial charge in [0.05, 0.1) is 17.6 Å². The highest BCUT2D eigenvalue weighted by Crippen LogP contribution is 2.17. The van der Waals surface area contributed by atoms with Crippen LogP contribution in [0.3, 0.4) is 0 Å². The second-order valence-electron chi connectivity index (χ2n) is 6.93. The van der Waals surface area contributed by atoms with Gasteiger partial charge in [0, 0.05) is 39.8 Å². The molecule has 1 aromatic rings. The average molecular weight is 442 g/mol. The number of piperidine rings is 1. The third-order valence-electron chi connectivity index (χ3n) is 4.53. The summed E-state index contributed by atoms with van der Waals surface area (Å²) in [5, 5.41) is 6.71. The number of benzene rings is 1. The summed E-state index contributed by atoms with van der Waals surface area (Å²) in [5.74, 6) is 0.599. The molecule has 1 aliphatic heterocycles. The molecule has 0 aliphatic carbocycles. The first kappa shape index (κ1) is 21.6. The number of aliphatic imine (C=N–C) groups is 1. The van der Waals surface area contributed by atoms with Crippen molar-refractivity contribution in [3.8, 4) is 0 Å². The molecule has 8 heteroatoms. The largest absolute Gasteiger partial charge is 0.357 e. The highest BCUT2D eigenvalue weighted by atomic mass is 79.9. The van der Waals surface area contributed by atoms with Gasteiger partial charge in [-0.2, -0.15) is 0 Å². The second-order valence-corrected chi connectivity index (χ2v) is 7.78. The molecule has 150 valence electrons. The van der Waals surface area contributed by atoms with E-state index in [1.165, 1.54) is 6.07 Å². The molecule has 0 saturated carbocycles. The molecule has 1 fully saturated rings. The van der Waals surface area contributed by atoms with Crippen LogP contribution in [0.2, 0.25) is 0 Å². The van der Waals surface area contributed by atoms with E-state index in [0.29, 0.717) is 23.6 Å². The van der Waals surface area contributed by atoms with Gasteiger partial charge in [0.15, 0.2) is 5.96 Å². The van der Waals surface area contributed by atoms with Gasteiger partial charge in [0.2, 0.25) is 5.91 Å². The zero-order chi connectivity index (χ0) is 19.8. The summed E-state index contributed by atoms with van der Waals surface area (Å²) in [7, 11) is 3.57. The number of rotatable bonds is 6. The minimum Gasteiger partial charge on any atom is -0.357 e. The van der Waals surface area contributed by atoms with Crippen LogP contribution < -0.4 is 10.6 Å². The van der Waals surface area contributed by atoms with Crippen LogP contribution in [0.5, 0.6) is 0 Å². The molecule has 6 nitrogen and oxygen atoms in total. The Hall–Kier alpha value is -1.67. The first-order valence-electron chi connectivity index (χ1n) is 9.30. The third-order valence-corrected chi connectivity index (χ3v) is 5.18. The summed E-state index contributed by atoms with van der Waals surface area (Å²) in [6.07, 6.45) is 1.91. The van der Waals surface area contributed by atoms with Gasteiger partial charge in [-0.3, -0.25) is 9.69 Å². The lowest BCUT2D eigenvalue weighted by Crippen LogP contribution is -2.50. The Morgan fingerprint density at radius 3 is 2.67 bits per heavy atom. The molecule has 27 heavy (non-hydrogen) atoms. The number of likely N-dealkylation sites (N-methyl/N-ethyl adjacent to an activating group) is 1. The SMILES string of the molecule is CCNC(=NCc1ccc(Br)c(F)c1)NC1CCN(CC(=O)N(C)C)CC1. The Labute approximate surface area is 169 Å². The van der Waals surface area contributed by atoms with E-state index in [1.807, 2.05) is 13.0 Å². The molecular formula is C19H29BrFN5O. The number of carbonyl (C=O) groups excluding carboxylic acids is 1. The van der Waals surface area contributed by atoms with Crippen molar-refractivity contribution in [1.82, 2.24) is 20.4 Å². The zero-order valence-electron chi connectivity index (χ0n) is 16.3. The Kier molecular flexibility index (Phi) is 8.50. The predicted molar refractivity (Wildman–Crippen MR) is 110 cm³/mol. The summed E-state index contributed by atoms with van der Waals surface area (Å²) in [5.41, 5.74) is 0.824. The Morgan fingerprint density at radius 1 is 1.37 bits per heavy atom. The van der Waals surface area contributed by atoms with Crippen LogP contribution in [-0.2, 0) is 11.3 Å². The van der Waals surface area contributed by atoms with E-state index in [-0.39, 0.29) is 11.7 Å². The van der Waals surface area contributed by atoms with E-state index in [0.717, 1.165) is 44.0 Å². The van der Waals surface area contributed by atoms with Crippen molar-refractivity contribution in [2.45, 2.75) is 32.4 Å². The normalized spacial score (nSPS) is 16.3. The summed E-state index contributed by atoms with van der Waals surface area (Å²) < 4.78 is 14.1. The molecule has 2 rings (SSSR count). The number of halogens is 2. The van der Waals surface area contributed by atoms with Crippen molar-refractivity contribution >= 4 is 27.8 Å². The van der Waals surface area contributed by atoms with Crippen molar-refractivity contribution in [2.24, 2.45) is 4.99 Å². The fourth-order valence-corrected chi connectivity index (χ4v) is 3.14. The number of guanidine groups is 1. The summed E-state index contributed by atoms with van der Waals surface area (Å²) >= 11 is 3.16. The third kappa shape index (κ3) is 7.10. The van der Waals surface area contributed by atoms with Crippen LogP contribution >= 0.6 is 15.9 Å². The van der Waals surface area contributed by atoms with Gasteiger partial charge in [-0.1, -0.05) is 6.07 Å². The first-order valence-corrected chi connectivity index (χ1v) is 10.1. The van der Waals surface area contributed by atoms with Crippen molar-refractivity contribution in [2.75, 3.05) is 40.3 Å². The van der Waals surface area contributed by atoms with Gasteiger partial charge < -0.3 is 15.5 Å².